The van der Waals surface area contributed by atoms with Crippen LogP contribution in [0, 0.1) is 0 Å². The molecule has 0 aliphatic rings. The summed E-state index contributed by atoms with van der Waals surface area (Å²) in [6.45, 7) is 6.58. The van der Waals surface area contributed by atoms with E-state index in [1.54, 1.807) is 0 Å². The first-order valence-electron chi connectivity index (χ1n) is 6.82. The molecule has 0 spiro atoms. The molecule has 0 amide bonds. The molecule has 0 N–H and O–H groups in total. The Morgan fingerprint density at radius 3 is 2.47 bits per heavy atom. The van der Waals surface area contributed by atoms with Crippen molar-refractivity contribution in [3.8, 4) is 0 Å². The van der Waals surface area contributed by atoms with E-state index in [1.807, 2.05) is 0 Å². The molecular formula is C16H25N. The maximum atomic E-state index is 4.76. The summed E-state index contributed by atoms with van der Waals surface area (Å²) in [4.78, 5) is 4.76. The van der Waals surface area contributed by atoms with E-state index in [0.717, 1.165) is 6.42 Å². The predicted octanol–water partition coefficient (Wildman–Crippen LogP) is 5.18. The van der Waals surface area contributed by atoms with Crippen LogP contribution in [0.15, 0.2) is 35.3 Å². The van der Waals surface area contributed by atoms with Crippen LogP contribution >= 0.6 is 0 Å². The first-order chi connectivity index (χ1) is 8.24. The first kappa shape index (κ1) is 14.0. The summed E-state index contributed by atoms with van der Waals surface area (Å²) in [5, 5.41) is 0. The van der Waals surface area contributed by atoms with Gasteiger partial charge in [-0.1, -0.05) is 56.5 Å². The molecule has 1 aromatic carbocycles. The fourth-order valence-electron chi connectivity index (χ4n) is 2.01. The predicted molar refractivity (Wildman–Crippen MR) is 76.7 cm³/mol. The van der Waals surface area contributed by atoms with E-state index in [-0.39, 0.29) is 0 Å². The molecule has 0 saturated carbocycles. The first-order valence-corrected chi connectivity index (χ1v) is 6.82. The highest BCUT2D eigenvalue weighted by Gasteiger charge is 2.02. The van der Waals surface area contributed by atoms with Gasteiger partial charge in [0.05, 0.1) is 6.04 Å². The highest BCUT2D eigenvalue weighted by molar-refractivity contribution is 5.82. The number of hydrogen-bond acceptors (Lipinski definition) is 1. The van der Waals surface area contributed by atoms with Gasteiger partial charge in [0.2, 0.25) is 0 Å². The Kier molecular flexibility index (Phi) is 6.61. The van der Waals surface area contributed by atoms with Gasteiger partial charge in [-0.25, -0.2) is 0 Å². The van der Waals surface area contributed by atoms with Gasteiger partial charge in [0.15, 0.2) is 0 Å². The minimum atomic E-state index is 0.294. The fraction of sp³-hybridized carbons (Fsp3) is 0.562. The molecule has 0 aliphatic heterocycles. The molecule has 0 aliphatic carbocycles. The molecule has 0 aromatic heterocycles. The SMILES string of the molecule is CCCCCCC(C)=N[C@@H](C)c1ccccc1. The van der Waals surface area contributed by atoms with Crippen LogP contribution in [0.25, 0.3) is 0 Å². The third-order valence-electron chi connectivity index (χ3n) is 3.09. The summed E-state index contributed by atoms with van der Waals surface area (Å²) in [6, 6.07) is 10.8. The number of aliphatic imine (C=N–C) groups is 1. The summed E-state index contributed by atoms with van der Waals surface area (Å²) in [7, 11) is 0. The molecule has 1 nitrogen and oxygen atoms in total. The average molecular weight is 231 g/mol. The van der Waals surface area contributed by atoms with Gasteiger partial charge in [0.1, 0.15) is 0 Å². The smallest absolute Gasteiger partial charge is 0.0720 e. The molecule has 0 unspecified atom stereocenters. The van der Waals surface area contributed by atoms with Crippen molar-refractivity contribution < 1.29 is 0 Å². The van der Waals surface area contributed by atoms with E-state index in [4.69, 9.17) is 4.99 Å². The lowest BCUT2D eigenvalue weighted by atomic mass is 10.1. The van der Waals surface area contributed by atoms with Crippen LogP contribution in [0.1, 0.15) is 64.5 Å². The Morgan fingerprint density at radius 2 is 1.82 bits per heavy atom. The van der Waals surface area contributed by atoms with Crippen molar-refractivity contribution in [1.82, 2.24) is 0 Å². The standard InChI is InChI=1S/C16H25N/c1-4-5-6-8-11-14(2)17-15(3)16-12-9-7-10-13-16/h7,9-10,12-13,15H,4-6,8,11H2,1-3H3/t15-/m0/s1. The Balaban J connectivity index is 2.40. The quantitative estimate of drug-likeness (QED) is 0.453. The molecule has 0 saturated heterocycles. The van der Waals surface area contributed by atoms with Gasteiger partial charge in [0, 0.05) is 5.71 Å². The number of rotatable bonds is 7. The molecule has 1 atom stereocenters. The van der Waals surface area contributed by atoms with Crippen LogP contribution in [0.3, 0.4) is 0 Å². The number of hydrogen-bond donors (Lipinski definition) is 0. The zero-order valence-corrected chi connectivity index (χ0v) is 11.4. The largest absolute Gasteiger partial charge is 0.287 e. The molecule has 17 heavy (non-hydrogen) atoms. The minimum Gasteiger partial charge on any atom is -0.287 e. The molecular weight excluding hydrogens is 206 g/mol. The Labute approximate surface area is 106 Å². The van der Waals surface area contributed by atoms with E-state index in [2.05, 4.69) is 51.1 Å². The van der Waals surface area contributed by atoms with E-state index >= 15 is 0 Å². The van der Waals surface area contributed by atoms with Crippen molar-refractivity contribution in [2.45, 2.75) is 58.9 Å². The van der Waals surface area contributed by atoms with Crippen LogP contribution < -0.4 is 0 Å². The lowest BCUT2D eigenvalue weighted by molar-refractivity contribution is 0.679. The molecule has 1 rings (SSSR count). The normalized spacial score (nSPS) is 13.7. The van der Waals surface area contributed by atoms with Crippen LogP contribution in [-0.4, -0.2) is 5.71 Å². The van der Waals surface area contributed by atoms with Crippen LogP contribution in [0.4, 0.5) is 0 Å². The zero-order valence-electron chi connectivity index (χ0n) is 11.4. The summed E-state index contributed by atoms with van der Waals surface area (Å²) in [5.74, 6) is 0. The highest BCUT2D eigenvalue weighted by Crippen LogP contribution is 2.17. The lowest BCUT2D eigenvalue weighted by Gasteiger charge is -2.08. The van der Waals surface area contributed by atoms with E-state index < -0.39 is 0 Å². The van der Waals surface area contributed by atoms with Gasteiger partial charge >= 0.3 is 0 Å². The van der Waals surface area contributed by atoms with Gasteiger partial charge in [0.25, 0.3) is 0 Å². The maximum Gasteiger partial charge on any atom is 0.0720 e. The second kappa shape index (κ2) is 8.05. The molecule has 1 heteroatoms. The molecule has 0 heterocycles. The van der Waals surface area contributed by atoms with Crippen LogP contribution in [-0.2, 0) is 0 Å². The van der Waals surface area contributed by atoms with E-state index in [1.165, 1.54) is 37.0 Å². The third-order valence-corrected chi connectivity index (χ3v) is 3.09. The van der Waals surface area contributed by atoms with Crippen LogP contribution in [0.5, 0.6) is 0 Å². The fourth-order valence-corrected chi connectivity index (χ4v) is 2.01. The molecule has 94 valence electrons. The number of nitrogens with zero attached hydrogens (tertiary/aromatic N) is 1. The van der Waals surface area contributed by atoms with Crippen molar-refractivity contribution in [3.05, 3.63) is 35.9 Å². The van der Waals surface area contributed by atoms with Gasteiger partial charge < -0.3 is 0 Å². The van der Waals surface area contributed by atoms with Gasteiger partial charge in [-0.15, -0.1) is 0 Å². The lowest BCUT2D eigenvalue weighted by Crippen LogP contribution is -1.97. The van der Waals surface area contributed by atoms with Crippen LogP contribution in [0.2, 0.25) is 0 Å². The van der Waals surface area contributed by atoms with Gasteiger partial charge in [-0.2, -0.15) is 0 Å². The second-order valence-corrected chi connectivity index (χ2v) is 4.76. The summed E-state index contributed by atoms with van der Waals surface area (Å²) in [6.07, 6.45) is 6.42. The maximum absolute atomic E-state index is 4.76. The van der Waals surface area contributed by atoms with Crippen molar-refractivity contribution in [2.24, 2.45) is 4.99 Å². The Morgan fingerprint density at radius 1 is 1.12 bits per heavy atom. The number of benzene rings is 1. The monoisotopic (exact) mass is 231 g/mol. The Bertz CT molecular complexity index is 327. The van der Waals surface area contributed by atoms with Gasteiger partial charge in [-0.3, -0.25) is 4.99 Å². The van der Waals surface area contributed by atoms with Crippen molar-refractivity contribution in [3.63, 3.8) is 0 Å². The molecule has 0 fully saturated rings. The topological polar surface area (TPSA) is 12.4 Å². The third kappa shape index (κ3) is 5.67. The Hall–Kier alpha value is -1.11. The molecule has 0 bridgehead atoms. The average Bonchev–Trinajstić information content (AvgIpc) is 2.36. The molecule has 1 aromatic rings. The summed E-state index contributed by atoms with van der Waals surface area (Å²) in [5.41, 5.74) is 2.60. The number of unbranched alkanes of at least 4 members (excludes halogenated alkanes) is 3. The highest BCUT2D eigenvalue weighted by atomic mass is 14.8. The second-order valence-electron chi connectivity index (χ2n) is 4.76. The summed E-state index contributed by atoms with van der Waals surface area (Å²) >= 11 is 0. The van der Waals surface area contributed by atoms with Crippen molar-refractivity contribution in [2.75, 3.05) is 0 Å². The van der Waals surface area contributed by atoms with Crippen molar-refractivity contribution >= 4 is 5.71 Å². The summed E-state index contributed by atoms with van der Waals surface area (Å²) < 4.78 is 0. The zero-order chi connectivity index (χ0) is 12.5. The molecule has 0 radical (unpaired) electrons. The minimum absolute atomic E-state index is 0.294. The van der Waals surface area contributed by atoms with Crippen molar-refractivity contribution in [1.29, 1.82) is 0 Å². The van der Waals surface area contributed by atoms with E-state index in [9.17, 15) is 0 Å². The van der Waals surface area contributed by atoms with E-state index in [0.29, 0.717) is 6.04 Å². The van der Waals surface area contributed by atoms with Gasteiger partial charge in [-0.05, 0) is 32.3 Å².